The SMILES string of the molecule is COc1ccc(CCN/C=C(\N=N)c2cccc(/C(=C/NCCc3ccc(O)c(Br)c3)N=N)c2)cc1Br. The number of halogens is 2. The van der Waals surface area contributed by atoms with Crippen LogP contribution in [0.5, 0.6) is 11.5 Å². The van der Waals surface area contributed by atoms with Gasteiger partial charge in [-0.1, -0.05) is 30.3 Å². The zero-order valence-electron chi connectivity index (χ0n) is 20.3. The molecule has 37 heavy (non-hydrogen) atoms. The third-order valence-electron chi connectivity index (χ3n) is 5.52. The van der Waals surface area contributed by atoms with E-state index in [9.17, 15) is 5.11 Å². The zero-order valence-corrected chi connectivity index (χ0v) is 23.4. The van der Waals surface area contributed by atoms with Gasteiger partial charge in [-0.3, -0.25) is 0 Å². The lowest BCUT2D eigenvalue weighted by molar-refractivity contribution is 0.412. The summed E-state index contributed by atoms with van der Waals surface area (Å²) in [6.07, 6.45) is 4.96. The largest absolute Gasteiger partial charge is 0.507 e. The molecule has 0 heterocycles. The van der Waals surface area contributed by atoms with Crippen molar-refractivity contribution in [2.24, 2.45) is 10.2 Å². The Labute approximate surface area is 233 Å². The highest BCUT2D eigenvalue weighted by molar-refractivity contribution is 9.10. The Kier molecular flexibility index (Phi) is 10.8. The predicted octanol–water partition coefficient (Wildman–Crippen LogP) is 7.25. The predicted molar refractivity (Wildman–Crippen MR) is 153 cm³/mol. The Bertz CT molecular complexity index is 1310. The van der Waals surface area contributed by atoms with Crippen LogP contribution in [0.3, 0.4) is 0 Å². The molecule has 0 saturated heterocycles. The highest BCUT2D eigenvalue weighted by Gasteiger charge is 2.06. The van der Waals surface area contributed by atoms with Crippen LogP contribution in [-0.2, 0) is 12.8 Å². The summed E-state index contributed by atoms with van der Waals surface area (Å²) >= 11 is 6.83. The number of rotatable bonds is 13. The highest BCUT2D eigenvalue weighted by Crippen LogP contribution is 2.26. The Balaban J connectivity index is 1.60. The molecule has 192 valence electrons. The highest BCUT2D eigenvalue weighted by atomic mass is 79.9. The molecule has 0 bridgehead atoms. The fourth-order valence-electron chi connectivity index (χ4n) is 3.54. The minimum Gasteiger partial charge on any atom is -0.507 e. The molecule has 0 aliphatic rings. The summed E-state index contributed by atoms with van der Waals surface area (Å²) in [6.45, 7) is 1.31. The van der Waals surface area contributed by atoms with Crippen LogP contribution in [0, 0.1) is 11.1 Å². The summed E-state index contributed by atoms with van der Waals surface area (Å²) < 4.78 is 6.84. The molecular formula is C27H28Br2N6O2. The van der Waals surface area contributed by atoms with Crippen molar-refractivity contribution in [1.29, 1.82) is 11.1 Å². The van der Waals surface area contributed by atoms with Crippen molar-refractivity contribution >= 4 is 43.3 Å². The van der Waals surface area contributed by atoms with Crippen molar-refractivity contribution in [3.05, 3.63) is 104 Å². The molecule has 0 atom stereocenters. The maximum atomic E-state index is 9.62. The van der Waals surface area contributed by atoms with Crippen LogP contribution >= 0.6 is 31.9 Å². The smallest absolute Gasteiger partial charge is 0.133 e. The summed E-state index contributed by atoms with van der Waals surface area (Å²) in [5.41, 5.74) is 19.9. The lowest BCUT2D eigenvalue weighted by Gasteiger charge is -2.08. The van der Waals surface area contributed by atoms with Gasteiger partial charge in [0.1, 0.15) is 22.9 Å². The van der Waals surface area contributed by atoms with Gasteiger partial charge in [-0.2, -0.15) is 10.2 Å². The monoisotopic (exact) mass is 626 g/mol. The van der Waals surface area contributed by atoms with Crippen molar-refractivity contribution in [2.75, 3.05) is 20.2 Å². The Morgan fingerprint density at radius 2 is 1.38 bits per heavy atom. The topological polar surface area (TPSA) is 126 Å². The van der Waals surface area contributed by atoms with Crippen LogP contribution in [0.2, 0.25) is 0 Å². The van der Waals surface area contributed by atoms with Gasteiger partial charge < -0.3 is 20.5 Å². The molecule has 0 saturated carbocycles. The number of methoxy groups -OCH3 is 1. The van der Waals surface area contributed by atoms with E-state index < -0.39 is 0 Å². The van der Waals surface area contributed by atoms with E-state index in [4.69, 9.17) is 15.8 Å². The molecule has 0 aliphatic carbocycles. The molecule has 0 spiro atoms. The van der Waals surface area contributed by atoms with Gasteiger partial charge in [0.2, 0.25) is 0 Å². The van der Waals surface area contributed by atoms with E-state index in [2.05, 4.69) is 52.7 Å². The molecule has 0 fully saturated rings. The minimum absolute atomic E-state index is 0.209. The number of aromatic hydroxyl groups is 1. The number of phenolic OH excluding ortho intramolecular Hbond substituents is 1. The number of hydrogen-bond donors (Lipinski definition) is 5. The van der Waals surface area contributed by atoms with Gasteiger partial charge in [0, 0.05) is 36.6 Å². The van der Waals surface area contributed by atoms with E-state index in [1.807, 2.05) is 54.6 Å². The first-order valence-corrected chi connectivity index (χ1v) is 13.1. The second-order valence-electron chi connectivity index (χ2n) is 8.03. The van der Waals surface area contributed by atoms with Crippen LogP contribution in [0.1, 0.15) is 22.3 Å². The maximum Gasteiger partial charge on any atom is 0.133 e. The van der Waals surface area contributed by atoms with E-state index >= 15 is 0 Å². The molecule has 3 aromatic carbocycles. The first-order valence-electron chi connectivity index (χ1n) is 11.5. The number of hydrogen-bond acceptors (Lipinski definition) is 8. The zero-order chi connectivity index (χ0) is 26.6. The molecule has 10 heteroatoms. The number of ether oxygens (including phenoxy) is 1. The van der Waals surface area contributed by atoms with Gasteiger partial charge >= 0.3 is 0 Å². The first-order chi connectivity index (χ1) is 17.9. The van der Waals surface area contributed by atoms with Crippen molar-refractivity contribution in [3.8, 4) is 11.5 Å². The van der Waals surface area contributed by atoms with Crippen molar-refractivity contribution in [1.82, 2.24) is 10.6 Å². The van der Waals surface area contributed by atoms with Crippen molar-refractivity contribution in [2.45, 2.75) is 12.8 Å². The molecule has 0 aromatic heterocycles. The molecule has 8 nitrogen and oxygen atoms in total. The number of phenols is 1. The van der Waals surface area contributed by atoms with E-state index in [1.54, 1.807) is 25.6 Å². The number of nitrogens with one attached hydrogen (secondary N) is 4. The van der Waals surface area contributed by atoms with Gasteiger partial charge in [-0.05, 0) is 86.2 Å². The summed E-state index contributed by atoms with van der Waals surface area (Å²) in [6, 6.07) is 18.8. The molecular weight excluding hydrogens is 600 g/mol. The summed E-state index contributed by atoms with van der Waals surface area (Å²) in [7, 11) is 1.64. The quantitative estimate of drug-likeness (QED) is 0.101. The van der Waals surface area contributed by atoms with E-state index in [-0.39, 0.29) is 5.75 Å². The molecule has 0 radical (unpaired) electrons. The molecule has 3 rings (SSSR count). The lowest BCUT2D eigenvalue weighted by Crippen LogP contribution is -2.11. The fourth-order valence-corrected chi connectivity index (χ4v) is 4.55. The first kappa shape index (κ1) is 28.1. The molecule has 0 aliphatic heterocycles. The maximum absolute atomic E-state index is 9.62. The Morgan fingerprint density at radius 1 is 0.838 bits per heavy atom. The second-order valence-corrected chi connectivity index (χ2v) is 9.74. The molecule has 0 unspecified atom stereocenters. The van der Waals surface area contributed by atoms with Crippen LogP contribution in [0.25, 0.3) is 11.4 Å². The number of benzene rings is 3. The normalized spacial score (nSPS) is 11.6. The van der Waals surface area contributed by atoms with Gasteiger partial charge in [0.05, 0.1) is 16.1 Å². The fraction of sp³-hybridized carbons (Fsp3) is 0.185. The van der Waals surface area contributed by atoms with E-state index in [0.29, 0.717) is 29.0 Å². The standard InChI is InChI=1S/C27H28Br2N6O2/c1-37-27-8-6-19(14-23(27)29)10-12-33-17-25(35-31)21-4-2-3-20(15-21)24(34-30)16-32-11-9-18-5-7-26(36)22(28)13-18/h2-8,13-17,30-33,36H,9-12H2,1H3/b24-16-,25-17-,34-30?,35-31?. The van der Waals surface area contributed by atoms with Crippen LogP contribution in [0.4, 0.5) is 0 Å². The van der Waals surface area contributed by atoms with E-state index in [1.165, 1.54) is 0 Å². The average Bonchev–Trinajstić information content (AvgIpc) is 2.91. The van der Waals surface area contributed by atoms with Gasteiger partial charge in [-0.25, -0.2) is 11.1 Å². The summed E-state index contributed by atoms with van der Waals surface area (Å²) in [5.74, 6) is 1.00. The van der Waals surface area contributed by atoms with Crippen LogP contribution in [0.15, 0.2) is 92.2 Å². The van der Waals surface area contributed by atoms with Crippen molar-refractivity contribution in [3.63, 3.8) is 0 Å². The second kappa shape index (κ2) is 14.3. The van der Waals surface area contributed by atoms with Gasteiger partial charge in [-0.15, -0.1) is 0 Å². The van der Waals surface area contributed by atoms with Crippen LogP contribution < -0.4 is 15.4 Å². The van der Waals surface area contributed by atoms with Crippen molar-refractivity contribution < 1.29 is 9.84 Å². The lowest BCUT2D eigenvalue weighted by atomic mass is 10.1. The van der Waals surface area contributed by atoms with Gasteiger partial charge in [0.25, 0.3) is 0 Å². The molecule has 0 amide bonds. The average molecular weight is 628 g/mol. The van der Waals surface area contributed by atoms with E-state index in [0.717, 1.165) is 45.3 Å². The molecule has 5 N–H and O–H groups in total. The Hall–Kier alpha value is -3.50. The Morgan fingerprint density at radius 3 is 1.86 bits per heavy atom. The third kappa shape index (κ3) is 8.26. The minimum atomic E-state index is 0.209. The third-order valence-corrected chi connectivity index (χ3v) is 6.77. The summed E-state index contributed by atoms with van der Waals surface area (Å²) in [5, 5.41) is 23.4. The summed E-state index contributed by atoms with van der Waals surface area (Å²) in [4.78, 5) is 0. The molecule has 3 aromatic rings. The van der Waals surface area contributed by atoms with Gasteiger partial charge in [0.15, 0.2) is 0 Å². The van der Waals surface area contributed by atoms with Crippen LogP contribution in [-0.4, -0.2) is 25.3 Å². The number of nitrogens with zero attached hydrogens (tertiary/aromatic N) is 2.